The van der Waals surface area contributed by atoms with Crippen molar-refractivity contribution >= 4 is 21.7 Å². The molecule has 0 bridgehead atoms. The van der Waals surface area contributed by atoms with E-state index in [2.05, 4.69) is 30.7 Å². The number of pyridine rings is 1. The number of hydrogen-bond acceptors (Lipinski definition) is 4. The molecule has 1 aromatic rings. The summed E-state index contributed by atoms with van der Waals surface area (Å²) in [5.74, 6) is 0.951. The number of aliphatic hydroxyl groups is 1. The number of hydrogen-bond donors (Lipinski definition) is 1. The SMILES string of the molecule is OCc1cc(Br)cnc1N1CCN2CCCC2C1. The van der Waals surface area contributed by atoms with Crippen LogP contribution in [0.4, 0.5) is 5.82 Å². The minimum absolute atomic E-state index is 0.0483. The molecule has 1 atom stereocenters. The van der Waals surface area contributed by atoms with Gasteiger partial charge in [0.25, 0.3) is 0 Å². The highest BCUT2D eigenvalue weighted by atomic mass is 79.9. The number of rotatable bonds is 2. The maximum Gasteiger partial charge on any atom is 0.134 e. The van der Waals surface area contributed by atoms with Gasteiger partial charge in [0.15, 0.2) is 0 Å². The molecule has 98 valence electrons. The van der Waals surface area contributed by atoms with Crippen molar-refractivity contribution in [3.8, 4) is 0 Å². The Morgan fingerprint density at radius 3 is 3.11 bits per heavy atom. The highest BCUT2D eigenvalue weighted by molar-refractivity contribution is 9.10. The minimum atomic E-state index is 0.0483. The highest BCUT2D eigenvalue weighted by Crippen LogP contribution is 2.27. The second-order valence-corrected chi connectivity index (χ2v) is 5.99. The Kier molecular flexibility index (Phi) is 3.54. The van der Waals surface area contributed by atoms with E-state index in [1.165, 1.54) is 19.4 Å². The third kappa shape index (κ3) is 2.27. The van der Waals surface area contributed by atoms with Gasteiger partial charge in [0, 0.05) is 41.9 Å². The third-order valence-corrected chi connectivity index (χ3v) is 4.40. The van der Waals surface area contributed by atoms with E-state index in [4.69, 9.17) is 0 Å². The molecule has 0 aliphatic carbocycles. The Balaban J connectivity index is 1.82. The fourth-order valence-corrected chi connectivity index (χ4v) is 3.44. The van der Waals surface area contributed by atoms with Crippen LogP contribution in [-0.2, 0) is 6.61 Å². The van der Waals surface area contributed by atoms with Crippen molar-refractivity contribution in [3.05, 3.63) is 22.3 Å². The summed E-state index contributed by atoms with van der Waals surface area (Å²) in [6, 6.07) is 2.64. The first-order valence-corrected chi connectivity index (χ1v) is 7.31. The highest BCUT2D eigenvalue weighted by Gasteiger charge is 2.31. The van der Waals surface area contributed by atoms with Gasteiger partial charge < -0.3 is 10.0 Å². The molecule has 18 heavy (non-hydrogen) atoms. The van der Waals surface area contributed by atoms with Crippen molar-refractivity contribution in [1.29, 1.82) is 0 Å². The van der Waals surface area contributed by atoms with Crippen LogP contribution in [0.5, 0.6) is 0 Å². The van der Waals surface area contributed by atoms with E-state index in [-0.39, 0.29) is 6.61 Å². The Labute approximate surface area is 116 Å². The summed E-state index contributed by atoms with van der Waals surface area (Å²) in [7, 11) is 0. The Morgan fingerprint density at radius 1 is 1.39 bits per heavy atom. The van der Waals surface area contributed by atoms with Crippen molar-refractivity contribution in [2.45, 2.75) is 25.5 Å². The number of piperazine rings is 1. The average molecular weight is 312 g/mol. The van der Waals surface area contributed by atoms with Gasteiger partial charge in [-0.3, -0.25) is 4.90 Å². The third-order valence-electron chi connectivity index (χ3n) is 3.97. The van der Waals surface area contributed by atoms with E-state index in [9.17, 15) is 5.11 Å². The van der Waals surface area contributed by atoms with Gasteiger partial charge >= 0.3 is 0 Å². The standard InChI is InChI=1S/C13H18BrN3O/c14-11-6-10(9-18)13(15-7-11)17-5-4-16-3-1-2-12(16)8-17/h6-7,12,18H,1-5,8-9H2. The number of aliphatic hydroxyl groups excluding tert-OH is 1. The summed E-state index contributed by atoms with van der Waals surface area (Å²) in [5.41, 5.74) is 0.913. The van der Waals surface area contributed by atoms with Crippen molar-refractivity contribution in [2.24, 2.45) is 0 Å². The van der Waals surface area contributed by atoms with Crippen molar-refractivity contribution < 1.29 is 5.11 Å². The first-order chi connectivity index (χ1) is 8.78. The van der Waals surface area contributed by atoms with Gasteiger partial charge in [-0.2, -0.15) is 0 Å². The molecule has 0 aromatic carbocycles. The van der Waals surface area contributed by atoms with Crippen LogP contribution >= 0.6 is 15.9 Å². The molecule has 2 saturated heterocycles. The molecule has 2 fully saturated rings. The van der Waals surface area contributed by atoms with E-state index in [1.807, 2.05) is 12.3 Å². The molecule has 4 nitrogen and oxygen atoms in total. The number of anilines is 1. The summed E-state index contributed by atoms with van der Waals surface area (Å²) in [6.45, 7) is 4.47. The van der Waals surface area contributed by atoms with Crippen LogP contribution in [0.3, 0.4) is 0 Å². The summed E-state index contributed by atoms with van der Waals surface area (Å²) < 4.78 is 0.926. The summed E-state index contributed by atoms with van der Waals surface area (Å²) in [5, 5.41) is 9.46. The summed E-state index contributed by atoms with van der Waals surface area (Å²) in [6.07, 6.45) is 4.43. The number of fused-ring (bicyclic) bond motifs is 1. The van der Waals surface area contributed by atoms with Crippen LogP contribution in [0, 0.1) is 0 Å². The molecular weight excluding hydrogens is 294 g/mol. The Hall–Kier alpha value is -0.650. The lowest BCUT2D eigenvalue weighted by Crippen LogP contribution is -2.50. The van der Waals surface area contributed by atoms with E-state index < -0.39 is 0 Å². The first-order valence-electron chi connectivity index (χ1n) is 6.52. The lowest BCUT2D eigenvalue weighted by atomic mass is 10.1. The minimum Gasteiger partial charge on any atom is -0.392 e. The first kappa shape index (κ1) is 12.4. The van der Waals surface area contributed by atoms with Crippen LogP contribution in [0.1, 0.15) is 18.4 Å². The van der Waals surface area contributed by atoms with Crippen LogP contribution in [0.15, 0.2) is 16.7 Å². The quantitative estimate of drug-likeness (QED) is 0.901. The van der Waals surface area contributed by atoms with Gasteiger partial charge in [-0.1, -0.05) is 0 Å². The lowest BCUT2D eigenvalue weighted by molar-refractivity contribution is 0.229. The second kappa shape index (κ2) is 5.15. The molecule has 5 heteroatoms. The molecule has 3 heterocycles. The predicted molar refractivity (Wildman–Crippen MR) is 74.7 cm³/mol. The van der Waals surface area contributed by atoms with Crippen LogP contribution in [-0.4, -0.2) is 47.2 Å². The van der Waals surface area contributed by atoms with Gasteiger partial charge in [0.2, 0.25) is 0 Å². The van der Waals surface area contributed by atoms with Gasteiger partial charge in [-0.15, -0.1) is 0 Å². The van der Waals surface area contributed by atoms with E-state index >= 15 is 0 Å². The smallest absolute Gasteiger partial charge is 0.134 e. The monoisotopic (exact) mass is 311 g/mol. The van der Waals surface area contributed by atoms with Gasteiger partial charge in [-0.05, 0) is 41.4 Å². The van der Waals surface area contributed by atoms with Crippen LogP contribution in [0.25, 0.3) is 0 Å². The second-order valence-electron chi connectivity index (χ2n) is 5.07. The van der Waals surface area contributed by atoms with Crippen LogP contribution < -0.4 is 4.90 Å². The van der Waals surface area contributed by atoms with E-state index in [1.54, 1.807) is 0 Å². The maximum absolute atomic E-state index is 9.46. The summed E-state index contributed by atoms with van der Waals surface area (Å²) in [4.78, 5) is 9.39. The molecule has 1 unspecified atom stereocenters. The molecule has 0 amide bonds. The molecular formula is C13H18BrN3O. The van der Waals surface area contributed by atoms with Gasteiger partial charge in [0.05, 0.1) is 6.61 Å². The topological polar surface area (TPSA) is 39.6 Å². The molecule has 3 rings (SSSR count). The van der Waals surface area contributed by atoms with Crippen molar-refractivity contribution in [1.82, 2.24) is 9.88 Å². The molecule has 0 spiro atoms. The Bertz CT molecular complexity index is 440. The largest absolute Gasteiger partial charge is 0.392 e. The van der Waals surface area contributed by atoms with Crippen LogP contribution in [0.2, 0.25) is 0 Å². The maximum atomic E-state index is 9.46. The zero-order chi connectivity index (χ0) is 12.5. The molecule has 2 aliphatic rings. The van der Waals surface area contributed by atoms with Crippen molar-refractivity contribution in [2.75, 3.05) is 31.1 Å². The zero-order valence-corrected chi connectivity index (χ0v) is 11.9. The molecule has 0 saturated carbocycles. The molecule has 0 radical (unpaired) electrons. The lowest BCUT2D eigenvalue weighted by Gasteiger charge is -2.38. The Morgan fingerprint density at radius 2 is 2.28 bits per heavy atom. The normalized spacial score (nSPS) is 24.3. The summed E-state index contributed by atoms with van der Waals surface area (Å²) >= 11 is 3.41. The average Bonchev–Trinajstić information content (AvgIpc) is 2.85. The number of aromatic nitrogens is 1. The van der Waals surface area contributed by atoms with Gasteiger partial charge in [0.1, 0.15) is 5.82 Å². The van der Waals surface area contributed by atoms with E-state index in [0.29, 0.717) is 6.04 Å². The fraction of sp³-hybridized carbons (Fsp3) is 0.615. The molecule has 2 aliphatic heterocycles. The fourth-order valence-electron chi connectivity index (χ4n) is 3.06. The van der Waals surface area contributed by atoms with E-state index in [0.717, 1.165) is 35.5 Å². The zero-order valence-electron chi connectivity index (χ0n) is 10.3. The predicted octanol–water partition coefficient (Wildman–Crippen LogP) is 1.62. The number of nitrogens with zero attached hydrogens (tertiary/aromatic N) is 3. The molecule has 1 N–H and O–H groups in total. The number of halogens is 1. The van der Waals surface area contributed by atoms with Crippen molar-refractivity contribution in [3.63, 3.8) is 0 Å². The molecule has 1 aromatic heterocycles. The van der Waals surface area contributed by atoms with Gasteiger partial charge in [-0.25, -0.2) is 4.98 Å².